The summed E-state index contributed by atoms with van der Waals surface area (Å²) in [7, 11) is 0. The summed E-state index contributed by atoms with van der Waals surface area (Å²) < 4.78 is 0. The van der Waals surface area contributed by atoms with E-state index in [0.29, 0.717) is 5.92 Å². The van der Waals surface area contributed by atoms with Crippen LogP contribution in [0.25, 0.3) is 22.5 Å². The molecule has 0 atom stereocenters. The van der Waals surface area contributed by atoms with Gasteiger partial charge in [0.15, 0.2) is 0 Å². The zero-order valence-electron chi connectivity index (χ0n) is 20.9. The minimum absolute atomic E-state index is 0. The van der Waals surface area contributed by atoms with Crippen LogP contribution < -0.4 is 0 Å². The SMILES string of the molecule is Cc1cccc(-c2cc(-c3cccc(C)c3)nc(C(CC(C)(C)C)CC(C)(C)C)n2)c1.[Ir]. The number of rotatable bonds is 5. The Bertz CT molecular complexity index is 962. The first kappa shape index (κ1) is 26.4. The minimum atomic E-state index is 0. The molecule has 0 saturated carbocycles. The van der Waals surface area contributed by atoms with Crippen LogP contribution in [0, 0.1) is 24.7 Å². The summed E-state index contributed by atoms with van der Waals surface area (Å²) >= 11 is 0. The predicted molar refractivity (Wildman–Crippen MR) is 133 cm³/mol. The van der Waals surface area contributed by atoms with Crippen molar-refractivity contribution in [3.8, 4) is 22.5 Å². The maximum atomic E-state index is 5.15. The van der Waals surface area contributed by atoms with Crippen molar-refractivity contribution in [3.63, 3.8) is 0 Å². The van der Waals surface area contributed by atoms with Crippen molar-refractivity contribution in [2.75, 3.05) is 0 Å². The van der Waals surface area contributed by atoms with Gasteiger partial charge in [-0.15, -0.1) is 0 Å². The Balaban J connectivity index is 0.00000363. The molecule has 1 heterocycles. The maximum absolute atomic E-state index is 5.15. The van der Waals surface area contributed by atoms with Gasteiger partial charge < -0.3 is 0 Å². The minimum Gasteiger partial charge on any atom is -0.233 e. The first-order chi connectivity index (χ1) is 14.4. The molecular formula is C29H38IrN2. The van der Waals surface area contributed by atoms with E-state index in [1.165, 1.54) is 11.1 Å². The van der Waals surface area contributed by atoms with Gasteiger partial charge in [0.25, 0.3) is 0 Å². The average molecular weight is 607 g/mol. The van der Waals surface area contributed by atoms with E-state index in [4.69, 9.17) is 9.97 Å². The van der Waals surface area contributed by atoms with Crippen LogP contribution in [0.5, 0.6) is 0 Å². The van der Waals surface area contributed by atoms with Gasteiger partial charge in [-0.05, 0) is 55.7 Å². The third kappa shape index (κ3) is 7.64. The second kappa shape index (κ2) is 10.4. The summed E-state index contributed by atoms with van der Waals surface area (Å²) in [6, 6.07) is 19.4. The Morgan fingerprint density at radius 1 is 0.656 bits per heavy atom. The molecule has 3 aromatic rings. The van der Waals surface area contributed by atoms with Gasteiger partial charge in [0.2, 0.25) is 0 Å². The van der Waals surface area contributed by atoms with Gasteiger partial charge in [0.05, 0.1) is 11.4 Å². The fraction of sp³-hybridized carbons (Fsp3) is 0.448. The number of aromatic nitrogens is 2. The summed E-state index contributed by atoms with van der Waals surface area (Å²) in [6.45, 7) is 18.2. The number of aryl methyl sites for hydroxylation is 2. The van der Waals surface area contributed by atoms with Gasteiger partial charge in [0.1, 0.15) is 5.82 Å². The molecule has 0 bridgehead atoms. The van der Waals surface area contributed by atoms with E-state index in [1.54, 1.807) is 0 Å². The zero-order chi connectivity index (χ0) is 22.8. The molecular weight excluding hydrogens is 569 g/mol. The second-order valence-electron chi connectivity index (χ2n) is 11.5. The largest absolute Gasteiger partial charge is 0.233 e. The van der Waals surface area contributed by atoms with E-state index < -0.39 is 0 Å². The molecule has 2 aromatic carbocycles. The van der Waals surface area contributed by atoms with Crippen LogP contribution in [0.4, 0.5) is 0 Å². The Morgan fingerprint density at radius 3 is 1.41 bits per heavy atom. The van der Waals surface area contributed by atoms with E-state index in [0.717, 1.165) is 41.2 Å². The molecule has 3 heteroatoms. The van der Waals surface area contributed by atoms with Gasteiger partial charge >= 0.3 is 0 Å². The molecule has 0 unspecified atom stereocenters. The predicted octanol–water partition coefficient (Wildman–Crippen LogP) is 8.38. The average Bonchev–Trinajstić information content (AvgIpc) is 2.65. The molecule has 173 valence electrons. The molecule has 1 radical (unpaired) electrons. The quantitative estimate of drug-likeness (QED) is 0.292. The fourth-order valence-electron chi connectivity index (χ4n) is 4.29. The van der Waals surface area contributed by atoms with Crippen LogP contribution in [0.1, 0.15) is 77.3 Å². The molecule has 0 aliphatic carbocycles. The summed E-state index contributed by atoms with van der Waals surface area (Å²) in [5.41, 5.74) is 7.25. The smallest absolute Gasteiger partial charge is 0.132 e. The summed E-state index contributed by atoms with van der Waals surface area (Å²) in [6.07, 6.45) is 2.13. The van der Waals surface area contributed by atoms with Crippen molar-refractivity contribution in [3.05, 3.63) is 71.5 Å². The van der Waals surface area contributed by atoms with Crippen LogP contribution in [0.3, 0.4) is 0 Å². The molecule has 2 nitrogen and oxygen atoms in total. The van der Waals surface area contributed by atoms with Gasteiger partial charge in [0, 0.05) is 37.2 Å². The van der Waals surface area contributed by atoms with E-state index in [2.05, 4.69) is 110 Å². The Kier molecular flexibility index (Phi) is 8.59. The number of hydrogen-bond acceptors (Lipinski definition) is 2. The molecule has 0 saturated heterocycles. The summed E-state index contributed by atoms with van der Waals surface area (Å²) in [4.78, 5) is 10.3. The van der Waals surface area contributed by atoms with Gasteiger partial charge in [-0.1, -0.05) is 89.1 Å². The maximum Gasteiger partial charge on any atom is 0.132 e. The van der Waals surface area contributed by atoms with Crippen LogP contribution in [0.2, 0.25) is 0 Å². The third-order valence-electron chi connectivity index (χ3n) is 5.45. The van der Waals surface area contributed by atoms with Crippen molar-refractivity contribution in [2.24, 2.45) is 10.8 Å². The van der Waals surface area contributed by atoms with Crippen molar-refractivity contribution >= 4 is 0 Å². The second-order valence-corrected chi connectivity index (χ2v) is 11.5. The standard InChI is InChI=1S/C29H38N2.Ir/c1-20-11-9-13-22(15-20)25-17-26(23-14-10-12-21(2)16-23)31-27(30-25)24(18-28(3,4)5)19-29(6,7)8;/h9-17,24H,18-19H2,1-8H3;. The fourth-order valence-corrected chi connectivity index (χ4v) is 4.29. The van der Waals surface area contributed by atoms with Crippen LogP contribution in [-0.4, -0.2) is 9.97 Å². The first-order valence-corrected chi connectivity index (χ1v) is 11.4. The van der Waals surface area contributed by atoms with E-state index in [9.17, 15) is 0 Å². The molecule has 32 heavy (non-hydrogen) atoms. The van der Waals surface area contributed by atoms with Crippen molar-refractivity contribution in [1.82, 2.24) is 9.97 Å². The Morgan fingerprint density at radius 2 is 1.06 bits per heavy atom. The normalized spacial score (nSPS) is 12.0. The van der Waals surface area contributed by atoms with Gasteiger partial charge in [-0.25, -0.2) is 9.97 Å². The molecule has 0 amide bonds. The van der Waals surface area contributed by atoms with Crippen LogP contribution in [0.15, 0.2) is 54.6 Å². The molecule has 3 rings (SSSR count). The van der Waals surface area contributed by atoms with Gasteiger partial charge in [-0.3, -0.25) is 0 Å². The zero-order valence-corrected chi connectivity index (χ0v) is 23.3. The van der Waals surface area contributed by atoms with E-state index in [1.807, 2.05) is 0 Å². The van der Waals surface area contributed by atoms with Gasteiger partial charge in [-0.2, -0.15) is 0 Å². The summed E-state index contributed by atoms with van der Waals surface area (Å²) in [5.74, 6) is 1.29. The molecule has 0 fully saturated rings. The molecule has 1 aromatic heterocycles. The summed E-state index contributed by atoms with van der Waals surface area (Å²) in [5, 5.41) is 0. The molecule has 0 aliphatic heterocycles. The topological polar surface area (TPSA) is 25.8 Å². The van der Waals surface area contributed by atoms with Crippen LogP contribution in [-0.2, 0) is 20.1 Å². The van der Waals surface area contributed by atoms with Crippen molar-refractivity contribution in [2.45, 2.75) is 74.1 Å². The number of nitrogens with zero attached hydrogens (tertiary/aromatic N) is 2. The van der Waals surface area contributed by atoms with Crippen molar-refractivity contribution < 1.29 is 20.1 Å². The molecule has 0 spiro atoms. The molecule has 0 N–H and O–H groups in total. The third-order valence-corrected chi connectivity index (χ3v) is 5.45. The first-order valence-electron chi connectivity index (χ1n) is 11.4. The monoisotopic (exact) mass is 607 g/mol. The Hall–Kier alpha value is -1.83. The van der Waals surface area contributed by atoms with Crippen molar-refractivity contribution in [1.29, 1.82) is 0 Å². The Labute approximate surface area is 208 Å². The van der Waals surface area contributed by atoms with Crippen LogP contribution >= 0.6 is 0 Å². The number of hydrogen-bond donors (Lipinski definition) is 0. The molecule has 0 aliphatic rings. The van der Waals surface area contributed by atoms with E-state index in [-0.39, 0.29) is 30.9 Å². The van der Waals surface area contributed by atoms with E-state index >= 15 is 0 Å². The number of benzene rings is 2.